The molecule has 2 nitrogen and oxygen atoms in total. The summed E-state index contributed by atoms with van der Waals surface area (Å²) in [6.45, 7) is 0.917. The highest BCUT2D eigenvalue weighted by molar-refractivity contribution is 6.33. The second-order valence-electron chi connectivity index (χ2n) is 4.72. The molecule has 2 aromatic rings. The summed E-state index contributed by atoms with van der Waals surface area (Å²) in [5.41, 5.74) is 10.2. The number of hydrogen-bond acceptors (Lipinski definition) is 2. The molecule has 1 atom stereocenters. The Bertz CT molecular complexity index is 580. The van der Waals surface area contributed by atoms with Crippen LogP contribution in [0.2, 0.25) is 5.02 Å². The fraction of sp³-hybridized carbons (Fsp3) is 0.200. The lowest BCUT2D eigenvalue weighted by molar-refractivity contribution is 0.636. The van der Waals surface area contributed by atoms with E-state index >= 15 is 0 Å². The monoisotopic (exact) mass is 258 g/mol. The molecule has 1 aliphatic rings. The molecule has 1 aliphatic carbocycles. The first kappa shape index (κ1) is 11.4. The average Bonchev–Trinajstić information content (AvgIpc) is 2.33. The molecule has 18 heavy (non-hydrogen) atoms. The molecule has 0 radical (unpaired) electrons. The number of fused-ring (bicyclic) bond motifs is 1. The molecular formula is C15H15ClN2. The number of hydrogen-bond donors (Lipinski definition) is 2. The van der Waals surface area contributed by atoms with Crippen LogP contribution in [0.1, 0.15) is 17.0 Å². The highest BCUT2D eigenvalue weighted by atomic mass is 35.5. The van der Waals surface area contributed by atoms with Crippen molar-refractivity contribution in [1.29, 1.82) is 0 Å². The molecular weight excluding hydrogens is 244 g/mol. The summed E-state index contributed by atoms with van der Waals surface area (Å²) in [5, 5.41) is 4.08. The third-order valence-electron chi connectivity index (χ3n) is 3.49. The first-order chi connectivity index (χ1) is 8.74. The van der Waals surface area contributed by atoms with Crippen molar-refractivity contribution in [3.8, 4) is 0 Å². The van der Waals surface area contributed by atoms with Crippen LogP contribution in [0.4, 0.5) is 11.4 Å². The number of nitrogens with two attached hydrogens (primary N) is 1. The fourth-order valence-corrected chi connectivity index (χ4v) is 2.71. The Labute approximate surface area is 112 Å². The number of nitrogens with one attached hydrogen (secondary N) is 1. The zero-order valence-electron chi connectivity index (χ0n) is 9.99. The van der Waals surface area contributed by atoms with Gasteiger partial charge in [-0.1, -0.05) is 35.9 Å². The van der Waals surface area contributed by atoms with Gasteiger partial charge in [-0.3, -0.25) is 0 Å². The molecule has 0 aromatic heterocycles. The Hall–Kier alpha value is -1.67. The van der Waals surface area contributed by atoms with Gasteiger partial charge in [-0.05, 0) is 35.7 Å². The Balaban J connectivity index is 1.66. The summed E-state index contributed by atoms with van der Waals surface area (Å²) in [6, 6.07) is 14.2. The van der Waals surface area contributed by atoms with E-state index in [1.807, 2.05) is 12.1 Å². The molecule has 2 aromatic carbocycles. The Kier molecular flexibility index (Phi) is 2.88. The van der Waals surface area contributed by atoms with E-state index in [2.05, 4.69) is 29.6 Å². The molecule has 1 unspecified atom stereocenters. The summed E-state index contributed by atoms with van der Waals surface area (Å²) in [6.07, 6.45) is 1.15. The van der Waals surface area contributed by atoms with E-state index in [9.17, 15) is 0 Å². The molecule has 92 valence electrons. The first-order valence-electron chi connectivity index (χ1n) is 6.11. The normalized spacial score (nSPS) is 16.8. The second kappa shape index (κ2) is 4.54. The summed E-state index contributed by atoms with van der Waals surface area (Å²) in [7, 11) is 0. The second-order valence-corrected chi connectivity index (χ2v) is 5.13. The predicted octanol–water partition coefficient (Wildman–Crippen LogP) is 3.67. The van der Waals surface area contributed by atoms with E-state index in [0.717, 1.165) is 18.7 Å². The molecule has 0 amide bonds. The predicted molar refractivity (Wildman–Crippen MR) is 77.2 cm³/mol. The smallest absolute Gasteiger partial charge is 0.0657 e. The van der Waals surface area contributed by atoms with Gasteiger partial charge in [-0.15, -0.1) is 0 Å². The first-order valence-corrected chi connectivity index (χ1v) is 6.48. The maximum absolute atomic E-state index is 6.13. The molecule has 0 spiro atoms. The van der Waals surface area contributed by atoms with Crippen molar-refractivity contribution in [1.82, 2.24) is 0 Å². The lowest BCUT2D eigenvalue weighted by Gasteiger charge is -2.30. The topological polar surface area (TPSA) is 38.0 Å². The van der Waals surface area contributed by atoms with Crippen LogP contribution in [0.15, 0.2) is 42.5 Å². The molecule has 3 heteroatoms. The quantitative estimate of drug-likeness (QED) is 0.825. The number of benzene rings is 2. The molecule has 0 aliphatic heterocycles. The van der Waals surface area contributed by atoms with Crippen LogP contribution in [0, 0.1) is 0 Å². The van der Waals surface area contributed by atoms with Gasteiger partial charge in [0.15, 0.2) is 0 Å². The van der Waals surface area contributed by atoms with Gasteiger partial charge in [0.05, 0.1) is 10.7 Å². The Morgan fingerprint density at radius 1 is 1.22 bits per heavy atom. The van der Waals surface area contributed by atoms with E-state index in [4.69, 9.17) is 17.3 Å². The van der Waals surface area contributed by atoms with Crippen LogP contribution in [0.3, 0.4) is 0 Å². The third kappa shape index (κ3) is 2.04. The average molecular weight is 259 g/mol. The van der Waals surface area contributed by atoms with E-state index in [-0.39, 0.29) is 0 Å². The molecule has 0 saturated carbocycles. The van der Waals surface area contributed by atoms with E-state index in [0.29, 0.717) is 16.6 Å². The van der Waals surface area contributed by atoms with Crippen LogP contribution >= 0.6 is 11.6 Å². The summed E-state index contributed by atoms with van der Waals surface area (Å²) in [4.78, 5) is 0. The SMILES string of the molecule is Nc1ccc(NCC2Cc3ccccc32)c(Cl)c1. The summed E-state index contributed by atoms with van der Waals surface area (Å²) in [5.74, 6) is 0.592. The van der Waals surface area contributed by atoms with Crippen molar-refractivity contribution in [2.45, 2.75) is 12.3 Å². The van der Waals surface area contributed by atoms with Gasteiger partial charge in [-0.25, -0.2) is 0 Å². The van der Waals surface area contributed by atoms with Crippen molar-refractivity contribution in [2.75, 3.05) is 17.6 Å². The van der Waals surface area contributed by atoms with Crippen LogP contribution in [0.5, 0.6) is 0 Å². The maximum atomic E-state index is 6.13. The molecule has 0 heterocycles. The van der Waals surface area contributed by atoms with Gasteiger partial charge in [0.1, 0.15) is 0 Å². The van der Waals surface area contributed by atoms with Crippen LogP contribution in [-0.4, -0.2) is 6.54 Å². The number of halogens is 1. The fourth-order valence-electron chi connectivity index (χ4n) is 2.45. The van der Waals surface area contributed by atoms with Crippen LogP contribution < -0.4 is 11.1 Å². The van der Waals surface area contributed by atoms with Gasteiger partial charge < -0.3 is 11.1 Å². The van der Waals surface area contributed by atoms with Crippen molar-refractivity contribution in [2.24, 2.45) is 0 Å². The zero-order valence-corrected chi connectivity index (χ0v) is 10.7. The Morgan fingerprint density at radius 2 is 2.06 bits per heavy atom. The lowest BCUT2D eigenvalue weighted by atomic mass is 9.77. The third-order valence-corrected chi connectivity index (χ3v) is 3.81. The summed E-state index contributed by atoms with van der Waals surface area (Å²) < 4.78 is 0. The molecule has 0 bridgehead atoms. The van der Waals surface area contributed by atoms with Crippen LogP contribution in [-0.2, 0) is 6.42 Å². The minimum atomic E-state index is 0.592. The van der Waals surface area contributed by atoms with Crippen molar-refractivity contribution in [3.05, 3.63) is 58.6 Å². The largest absolute Gasteiger partial charge is 0.399 e. The van der Waals surface area contributed by atoms with E-state index in [1.165, 1.54) is 11.1 Å². The minimum Gasteiger partial charge on any atom is -0.399 e. The highest BCUT2D eigenvalue weighted by Crippen LogP contribution is 2.35. The number of nitrogen functional groups attached to an aromatic ring is 1. The standard InChI is InChI=1S/C15H15ClN2/c16-14-8-12(17)5-6-15(14)18-9-11-7-10-3-1-2-4-13(10)11/h1-6,8,11,18H,7,9,17H2. The molecule has 0 fully saturated rings. The van der Waals surface area contributed by atoms with E-state index in [1.54, 1.807) is 6.07 Å². The molecule has 3 N–H and O–H groups in total. The Morgan fingerprint density at radius 3 is 2.83 bits per heavy atom. The van der Waals surface area contributed by atoms with E-state index < -0.39 is 0 Å². The minimum absolute atomic E-state index is 0.592. The maximum Gasteiger partial charge on any atom is 0.0657 e. The van der Waals surface area contributed by atoms with Crippen LogP contribution in [0.25, 0.3) is 0 Å². The van der Waals surface area contributed by atoms with Crippen molar-refractivity contribution >= 4 is 23.0 Å². The zero-order chi connectivity index (χ0) is 12.5. The van der Waals surface area contributed by atoms with Gasteiger partial charge in [0.25, 0.3) is 0 Å². The lowest BCUT2D eigenvalue weighted by Crippen LogP contribution is -2.24. The van der Waals surface area contributed by atoms with Gasteiger partial charge in [0.2, 0.25) is 0 Å². The van der Waals surface area contributed by atoms with Gasteiger partial charge >= 0.3 is 0 Å². The number of rotatable bonds is 3. The van der Waals surface area contributed by atoms with Gasteiger partial charge in [-0.2, -0.15) is 0 Å². The molecule has 3 rings (SSSR count). The highest BCUT2D eigenvalue weighted by Gasteiger charge is 2.24. The van der Waals surface area contributed by atoms with Crippen molar-refractivity contribution < 1.29 is 0 Å². The molecule has 0 saturated heterocycles. The van der Waals surface area contributed by atoms with Gasteiger partial charge in [0, 0.05) is 18.2 Å². The number of anilines is 2. The summed E-state index contributed by atoms with van der Waals surface area (Å²) >= 11 is 6.13. The van der Waals surface area contributed by atoms with Crippen molar-refractivity contribution in [3.63, 3.8) is 0 Å².